The van der Waals surface area contributed by atoms with E-state index in [0.29, 0.717) is 22.3 Å². The molecule has 2 aliphatic heterocycles. The Balaban J connectivity index is 1.95. The van der Waals surface area contributed by atoms with Crippen LogP contribution in [0, 0.1) is 22.7 Å². The number of hydrogen-bond acceptors (Lipinski definition) is 5. The van der Waals surface area contributed by atoms with Crippen LogP contribution in [-0.2, 0) is 15.1 Å². The molecular weight excluding hydrogens is 375 g/mol. The summed E-state index contributed by atoms with van der Waals surface area (Å²) in [7, 11) is 2.59. The highest BCUT2D eigenvalue weighted by Crippen LogP contribution is 2.59. The Hall–Kier alpha value is -3.75. The number of carbonyl (C=O) groups excluding carboxylic acids is 2. The van der Waals surface area contributed by atoms with Crippen molar-refractivity contribution in [3.63, 3.8) is 0 Å². The molecule has 0 bridgehead atoms. The Bertz CT molecular complexity index is 1040. The Morgan fingerprint density at radius 1 is 0.931 bits per heavy atom. The van der Waals surface area contributed by atoms with E-state index in [1.54, 1.807) is 0 Å². The van der Waals surface area contributed by atoms with E-state index in [4.69, 9.17) is 15.3 Å². The standard InChI is InChI=1S/C21H15FN4O3/c1-25-17(27)20(22)18(26(2)19(25)28)29-21(20,15-7-3-13(11-23)4-8-15)16-9-5-14(12-24)6-10-16/h3-10,18H,1-2H3. The van der Waals surface area contributed by atoms with E-state index in [1.165, 1.54) is 62.6 Å². The largest absolute Gasteiger partial charge is 0.334 e. The number of urea groups is 1. The van der Waals surface area contributed by atoms with Gasteiger partial charge in [0.15, 0.2) is 11.8 Å². The van der Waals surface area contributed by atoms with E-state index >= 15 is 4.39 Å². The van der Waals surface area contributed by atoms with Crippen molar-refractivity contribution in [2.45, 2.75) is 17.5 Å². The zero-order chi connectivity index (χ0) is 21.0. The van der Waals surface area contributed by atoms with E-state index in [2.05, 4.69) is 0 Å². The molecule has 0 aromatic heterocycles. The van der Waals surface area contributed by atoms with Gasteiger partial charge in [0.25, 0.3) is 11.6 Å². The molecule has 0 aliphatic carbocycles. The van der Waals surface area contributed by atoms with Gasteiger partial charge in [-0.2, -0.15) is 10.5 Å². The summed E-state index contributed by atoms with van der Waals surface area (Å²) in [4.78, 5) is 27.0. The summed E-state index contributed by atoms with van der Waals surface area (Å²) in [6, 6.07) is 15.4. The smallest absolute Gasteiger partial charge is 0.328 e. The van der Waals surface area contributed by atoms with Crippen LogP contribution in [0.5, 0.6) is 0 Å². The van der Waals surface area contributed by atoms with Gasteiger partial charge >= 0.3 is 6.03 Å². The predicted molar refractivity (Wildman–Crippen MR) is 97.7 cm³/mol. The molecule has 7 nitrogen and oxygen atoms in total. The first-order valence-corrected chi connectivity index (χ1v) is 8.74. The maximum Gasteiger partial charge on any atom is 0.328 e. The third-order valence-electron chi connectivity index (χ3n) is 5.54. The summed E-state index contributed by atoms with van der Waals surface area (Å²) in [5.74, 6) is -1.01. The van der Waals surface area contributed by atoms with Crippen molar-refractivity contribution in [3.8, 4) is 12.1 Å². The Morgan fingerprint density at radius 2 is 1.38 bits per heavy atom. The Kier molecular flexibility index (Phi) is 3.93. The van der Waals surface area contributed by atoms with Gasteiger partial charge < -0.3 is 4.74 Å². The molecule has 0 spiro atoms. The number of rotatable bonds is 2. The monoisotopic (exact) mass is 390 g/mol. The minimum atomic E-state index is -2.59. The maximum absolute atomic E-state index is 16.6. The molecule has 2 unspecified atom stereocenters. The van der Waals surface area contributed by atoms with Gasteiger partial charge in [0.05, 0.1) is 23.3 Å². The second kappa shape index (κ2) is 6.13. The molecule has 2 heterocycles. The molecule has 0 radical (unpaired) electrons. The molecule has 2 aliphatic rings. The number of amides is 3. The van der Waals surface area contributed by atoms with Crippen LogP contribution >= 0.6 is 0 Å². The quantitative estimate of drug-likeness (QED) is 0.784. The minimum absolute atomic E-state index is 0.324. The molecule has 2 aromatic carbocycles. The number of imide groups is 1. The Labute approximate surface area is 166 Å². The van der Waals surface area contributed by atoms with Crippen LogP contribution in [0.1, 0.15) is 22.3 Å². The number of halogens is 1. The fourth-order valence-corrected chi connectivity index (χ4v) is 4.00. The molecule has 0 saturated carbocycles. The van der Waals surface area contributed by atoms with Crippen molar-refractivity contribution < 1.29 is 18.7 Å². The zero-order valence-electron chi connectivity index (χ0n) is 15.6. The number of hydrogen-bond donors (Lipinski definition) is 0. The van der Waals surface area contributed by atoms with Crippen molar-refractivity contribution in [2.24, 2.45) is 0 Å². The second-order valence-electron chi connectivity index (χ2n) is 7.00. The Morgan fingerprint density at radius 3 is 1.79 bits per heavy atom. The first kappa shape index (κ1) is 18.6. The summed E-state index contributed by atoms with van der Waals surface area (Å²) < 4.78 is 22.6. The van der Waals surface area contributed by atoms with Crippen LogP contribution in [0.3, 0.4) is 0 Å². The van der Waals surface area contributed by atoms with Gasteiger partial charge in [-0.25, -0.2) is 9.18 Å². The van der Waals surface area contributed by atoms with E-state index in [0.717, 1.165) is 9.80 Å². The summed E-state index contributed by atoms with van der Waals surface area (Å²) in [5.41, 5.74) is -3.04. The third kappa shape index (κ3) is 2.18. The van der Waals surface area contributed by atoms with Crippen molar-refractivity contribution in [3.05, 3.63) is 70.8 Å². The lowest BCUT2D eigenvalue weighted by molar-refractivity contribution is -0.338. The number of benzene rings is 2. The van der Waals surface area contributed by atoms with Crippen LogP contribution in [0.25, 0.3) is 0 Å². The normalized spacial score (nSPS) is 24.9. The van der Waals surface area contributed by atoms with Crippen LogP contribution in [0.2, 0.25) is 0 Å². The van der Waals surface area contributed by atoms with Gasteiger partial charge in [0.2, 0.25) is 0 Å². The van der Waals surface area contributed by atoms with Gasteiger partial charge in [-0.05, 0) is 35.4 Å². The molecule has 2 aromatic rings. The van der Waals surface area contributed by atoms with E-state index in [1.807, 2.05) is 12.1 Å². The van der Waals surface area contributed by atoms with Gasteiger partial charge in [-0.1, -0.05) is 24.3 Å². The molecular formula is C21H15FN4O3. The molecule has 29 heavy (non-hydrogen) atoms. The van der Waals surface area contributed by atoms with Crippen molar-refractivity contribution in [1.29, 1.82) is 10.5 Å². The lowest BCUT2D eigenvalue weighted by Crippen LogP contribution is -2.83. The minimum Gasteiger partial charge on any atom is -0.334 e. The number of fused-ring (bicyclic) bond motifs is 1. The number of ether oxygens (including phenoxy) is 1. The van der Waals surface area contributed by atoms with Crippen molar-refractivity contribution >= 4 is 11.9 Å². The molecule has 2 fully saturated rings. The average Bonchev–Trinajstić information content (AvgIpc) is 2.76. The summed E-state index contributed by atoms with van der Waals surface area (Å²) in [5, 5.41) is 18.1. The maximum atomic E-state index is 16.6. The van der Waals surface area contributed by atoms with Gasteiger partial charge in [-0.15, -0.1) is 0 Å². The highest BCUT2D eigenvalue weighted by molar-refractivity contribution is 6.04. The van der Waals surface area contributed by atoms with E-state index in [9.17, 15) is 9.59 Å². The van der Waals surface area contributed by atoms with Crippen LogP contribution in [0.4, 0.5) is 9.18 Å². The number of nitrogens with zero attached hydrogens (tertiary/aromatic N) is 4. The first-order valence-electron chi connectivity index (χ1n) is 8.74. The lowest BCUT2D eigenvalue weighted by Gasteiger charge is -2.62. The SMILES string of the molecule is CN1C(=O)N(C)C2OC(c3ccc(C#N)cc3)(c3ccc(C#N)cc3)C2(F)C1=O. The zero-order valence-corrected chi connectivity index (χ0v) is 15.6. The van der Waals surface area contributed by atoms with Crippen molar-refractivity contribution in [2.75, 3.05) is 14.1 Å². The van der Waals surface area contributed by atoms with Gasteiger partial charge in [0, 0.05) is 14.1 Å². The van der Waals surface area contributed by atoms with Crippen LogP contribution < -0.4 is 0 Å². The number of carbonyl (C=O) groups is 2. The van der Waals surface area contributed by atoms with Crippen LogP contribution in [-0.4, -0.2) is 47.7 Å². The topological polar surface area (TPSA) is 97.4 Å². The lowest BCUT2D eigenvalue weighted by atomic mass is 9.66. The molecule has 0 N–H and O–H groups in total. The predicted octanol–water partition coefficient (Wildman–Crippen LogP) is 2.26. The molecule has 8 heteroatoms. The highest BCUT2D eigenvalue weighted by Gasteiger charge is 2.79. The van der Waals surface area contributed by atoms with E-state index in [-0.39, 0.29) is 0 Å². The second-order valence-corrected chi connectivity index (χ2v) is 7.00. The number of alkyl halides is 1. The van der Waals surface area contributed by atoms with Crippen LogP contribution in [0.15, 0.2) is 48.5 Å². The fraction of sp³-hybridized carbons (Fsp3) is 0.238. The summed E-state index contributed by atoms with van der Waals surface area (Å²) in [6.07, 6.45) is -1.40. The highest BCUT2D eigenvalue weighted by atomic mass is 19.1. The van der Waals surface area contributed by atoms with E-state index < -0.39 is 29.4 Å². The first-order chi connectivity index (χ1) is 13.8. The third-order valence-corrected chi connectivity index (χ3v) is 5.54. The molecule has 2 atom stereocenters. The fourth-order valence-electron chi connectivity index (χ4n) is 4.00. The summed E-state index contributed by atoms with van der Waals surface area (Å²) >= 11 is 0. The summed E-state index contributed by atoms with van der Waals surface area (Å²) in [6.45, 7) is 0. The average molecular weight is 390 g/mol. The molecule has 4 rings (SSSR count). The van der Waals surface area contributed by atoms with Gasteiger partial charge in [-0.3, -0.25) is 14.6 Å². The van der Waals surface area contributed by atoms with Gasteiger partial charge in [0.1, 0.15) is 0 Å². The van der Waals surface area contributed by atoms with Crippen molar-refractivity contribution in [1.82, 2.24) is 9.80 Å². The molecule has 2 saturated heterocycles. The molecule has 3 amide bonds. The number of nitriles is 2. The molecule has 144 valence electrons.